The Kier molecular flexibility index (Phi) is 6.83. The fourth-order valence-electron chi connectivity index (χ4n) is 4.41. The predicted octanol–water partition coefficient (Wildman–Crippen LogP) is 4.71. The molecule has 1 aliphatic heterocycles. The highest BCUT2D eigenvalue weighted by Gasteiger charge is 2.27. The summed E-state index contributed by atoms with van der Waals surface area (Å²) in [5, 5.41) is 5.73. The van der Waals surface area contributed by atoms with Crippen LogP contribution >= 0.6 is 0 Å². The average molecular weight is 437 g/mol. The molecule has 0 radical (unpaired) electrons. The molecule has 2 aromatic rings. The largest absolute Gasteiger partial charge is 0.490 e. The van der Waals surface area contributed by atoms with Crippen LogP contribution in [-0.2, 0) is 4.79 Å². The number of hydrogen-bond donors (Lipinski definition) is 2. The number of amides is 3. The lowest BCUT2D eigenvalue weighted by atomic mass is 10.2. The smallest absolute Gasteiger partial charge is 0.323 e. The number of ether oxygens (including phenoxy) is 1. The highest BCUT2D eigenvalue weighted by atomic mass is 16.5. The highest BCUT2D eigenvalue weighted by molar-refractivity contribution is 5.99. The molecule has 1 aliphatic carbocycles. The molecule has 170 valence electrons. The van der Waals surface area contributed by atoms with E-state index in [1.807, 2.05) is 60.5 Å². The summed E-state index contributed by atoms with van der Waals surface area (Å²) in [6.07, 6.45) is 6.00. The van der Waals surface area contributed by atoms with E-state index in [1.165, 1.54) is 12.8 Å². The fraction of sp³-hybridized carbons (Fsp3) is 0.440. The van der Waals surface area contributed by atoms with Crippen molar-refractivity contribution >= 4 is 29.0 Å². The van der Waals surface area contributed by atoms with Crippen LogP contribution in [0.1, 0.15) is 39.0 Å². The molecule has 7 heteroatoms. The van der Waals surface area contributed by atoms with Gasteiger partial charge in [-0.15, -0.1) is 0 Å². The summed E-state index contributed by atoms with van der Waals surface area (Å²) >= 11 is 0. The van der Waals surface area contributed by atoms with Crippen LogP contribution in [0.5, 0.6) is 5.75 Å². The van der Waals surface area contributed by atoms with E-state index < -0.39 is 0 Å². The van der Waals surface area contributed by atoms with Crippen LogP contribution in [0.4, 0.5) is 21.9 Å². The van der Waals surface area contributed by atoms with Crippen LogP contribution in [0.2, 0.25) is 0 Å². The molecule has 0 spiro atoms. The SMILES string of the molecule is CC(=O)N(C)[C@H]1CCN(c2ccc(NC(=O)Nc3ccc(OC4CCCC4)cc3)cc2)C1. The van der Waals surface area contributed by atoms with Gasteiger partial charge in [0.05, 0.1) is 12.1 Å². The fourth-order valence-corrected chi connectivity index (χ4v) is 4.41. The summed E-state index contributed by atoms with van der Waals surface area (Å²) in [5.74, 6) is 0.940. The number of urea groups is 1. The van der Waals surface area contributed by atoms with E-state index in [1.54, 1.807) is 6.92 Å². The van der Waals surface area contributed by atoms with Gasteiger partial charge in [-0.1, -0.05) is 0 Å². The average Bonchev–Trinajstić information content (AvgIpc) is 3.47. The second kappa shape index (κ2) is 9.94. The zero-order valence-corrected chi connectivity index (χ0v) is 18.8. The number of benzene rings is 2. The Morgan fingerprint density at radius 1 is 0.938 bits per heavy atom. The first-order valence-electron chi connectivity index (χ1n) is 11.4. The normalized spacial score (nSPS) is 18.4. The lowest BCUT2D eigenvalue weighted by Gasteiger charge is -2.24. The molecule has 2 N–H and O–H groups in total. The van der Waals surface area contributed by atoms with Crippen molar-refractivity contribution in [3.05, 3.63) is 48.5 Å². The Labute approximate surface area is 189 Å². The zero-order valence-electron chi connectivity index (χ0n) is 18.8. The van der Waals surface area contributed by atoms with Crippen LogP contribution in [0.3, 0.4) is 0 Å². The van der Waals surface area contributed by atoms with Crippen LogP contribution in [0.25, 0.3) is 0 Å². The van der Waals surface area contributed by atoms with E-state index in [0.717, 1.165) is 55.2 Å². The summed E-state index contributed by atoms with van der Waals surface area (Å²) in [4.78, 5) is 28.0. The molecule has 1 saturated carbocycles. The van der Waals surface area contributed by atoms with Gasteiger partial charge in [0.15, 0.2) is 0 Å². The Morgan fingerprint density at radius 3 is 2.12 bits per heavy atom. The van der Waals surface area contributed by atoms with E-state index in [0.29, 0.717) is 6.10 Å². The monoisotopic (exact) mass is 436 g/mol. The number of hydrogen-bond acceptors (Lipinski definition) is 4. The summed E-state index contributed by atoms with van der Waals surface area (Å²) < 4.78 is 5.96. The maximum atomic E-state index is 12.4. The van der Waals surface area contributed by atoms with Gasteiger partial charge in [-0.2, -0.15) is 0 Å². The molecule has 7 nitrogen and oxygen atoms in total. The van der Waals surface area contributed by atoms with Crippen molar-refractivity contribution in [3.8, 4) is 5.75 Å². The zero-order chi connectivity index (χ0) is 22.5. The molecule has 1 saturated heterocycles. The third kappa shape index (κ3) is 5.52. The third-order valence-electron chi connectivity index (χ3n) is 6.42. The Morgan fingerprint density at radius 2 is 1.53 bits per heavy atom. The topological polar surface area (TPSA) is 73.9 Å². The van der Waals surface area contributed by atoms with Crippen LogP contribution in [0, 0.1) is 0 Å². The van der Waals surface area contributed by atoms with E-state index in [9.17, 15) is 9.59 Å². The Bertz CT molecular complexity index is 923. The minimum absolute atomic E-state index is 0.0957. The highest BCUT2D eigenvalue weighted by Crippen LogP contribution is 2.26. The predicted molar refractivity (Wildman–Crippen MR) is 127 cm³/mol. The van der Waals surface area contributed by atoms with Gasteiger partial charge in [-0.05, 0) is 80.6 Å². The number of nitrogens with one attached hydrogen (secondary N) is 2. The van der Waals surface area contributed by atoms with Crippen LogP contribution < -0.4 is 20.3 Å². The van der Waals surface area contributed by atoms with Crippen molar-refractivity contribution in [1.29, 1.82) is 0 Å². The third-order valence-corrected chi connectivity index (χ3v) is 6.42. The first-order chi connectivity index (χ1) is 15.5. The number of carbonyl (C=O) groups excluding carboxylic acids is 2. The summed E-state index contributed by atoms with van der Waals surface area (Å²) in [5.41, 5.74) is 2.54. The van der Waals surface area contributed by atoms with Crippen molar-refractivity contribution in [2.24, 2.45) is 0 Å². The van der Waals surface area contributed by atoms with Gasteiger partial charge >= 0.3 is 6.03 Å². The first-order valence-corrected chi connectivity index (χ1v) is 11.4. The molecule has 2 fully saturated rings. The second-order valence-electron chi connectivity index (χ2n) is 8.69. The molecule has 2 aromatic carbocycles. The minimum atomic E-state index is -0.286. The number of rotatable bonds is 6. The van der Waals surface area contributed by atoms with Crippen molar-refractivity contribution in [2.45, 2.75) is 51.2 Å². The number of carbonyl (C=O) groups is 2. The van der Waals surface area contributed by atoms with Crippen molar-refractivity contribution < 1.29 is 14.3 Å². The van der Waals surface area contributed by atoms with Gasteiger partial charge in [-0.3, -0.25) is 4.79 Å². The molecule has 1 atom stereocenters. The van der Waals surface area contributed by atoms with Gasteiger partial charge < -0.3 is 25.2 Å². The lowest BCUT2D eigenvalue weighted by Crippen LogP contribution is -2.37. The van der Waals surface area contributed by atoms with E-state index >= 15 is 0 Å². The van der Waals surface area contributed by atoms with Gasteiger partial charge in [0.2, 0.25) is 5.91 Å². The van der Waals surface area contributed by atoms with Crippen molar-refractivity contribution in [3.63, 3.8) is 0 Å². The van der Waals surface area contributed by atoms with Crippen molar-refractivity contribution in [1.82, 2.24) is 4.90 Å². The molecule has 0 bridgehead atoms. The Hall–Kier alpha value is -3.22. The van der Waals surface area contributed by atoms with Gasteiger partial charge in [-0.25, -0.2) is 4.79 Å². The van der Waals surface area contributed by atoms with E-state index in [-0.39, 0.29) is 18.0 Å². The van der Waals surface area contributed by atoms with Crippen LogP contribution in [-0.4, -0.2) is 49.1 Å². The molecule has 32 heavy (non-hydrogen) atoms. The van der Waals surface area contributed by atoms with E-state index in [2.05, 4.69) is 15.5 Å². The summed E-state index contributed by atoms with van der Waals surface area (Å²) in [7, 11) is 1.86. The molecule has 0 aromatic heterocycles. The van der Waals surface area contributed by atoms with E-state index in [4.69, 9.17) is 4.74 Å². The number of likely N-dealkylation sites (N-methyl/N-ethyl adjacent to an activating group) is 1. The van der Waals surface area contributed by atoms with Gasteiger partial charge in [0, 0.05) is 44.1 Å². The van der Waals surface area contributed by atoms with Gasteiger partial charge in [0.25, 0.3) is 0 Å². The molecule has 3 amide bonds. The maximum absolute atomic E-state index is 12.4. The van der Waals surface area contributed by atoms with Gasteiger partial charge in [0.1, 0.15) is 5.75 Å². The quantitative estimate of drug-likeness (QED) is 0.688. The summed E-state index contributed by atoms with van der Waals surface area (Å²) in [6.45, 7) is 3.34. The standard InChI is InChI=1S/C25H32N4O3/c1-18(30)28(2)22-15-16-29(17-22)21-11-7-19(8-12-21)26-25(31)27-20-9-13-24(14-10-20)32-23-5-3-4-6-23/h7-14,22-23H,3-6,15-17H2,1-2H3,(H2,26,27,31)/t22-/m0/s1. The molecule has 4 rings (SSSR count). The second-order valence-corrected chi connectivity index (χ2v) is 8.69. The first kappa shape index (κ1) is 22.0. The Balaban J connectivity index is 1.26. The molecule has 2 aliphatic rings. The number of nitrogens with zero attached hydrogens (tertiary/aromatic N) is 2. The molecular formula is C25H32N4O3. The maximum Gasteiger partial charge on any atom is 0.323 e. The minimum Gasteiger partial charge on any atom is -0.490 e. The molecular weight excluding hydrogens is 404 g/mol. The molecule has 1 heterocycles. The summed E-state index contributed by atoms with van der Waals surface area (Å²) in [6, 6.07) is 15.3. The lowest BCUT2D eigenvalue weighted by molar-refractivity contribution is -0.129. The van der Waals surface area contributed by atoms with Crippen molar-refractivity contribution in [2.75, 3.05) is 35.7 Å². The molecule has 0 unspecified atom stereocenters. The van der Waals surface area contributed by atoms with Crippen LogP contribution in [0.15, 0.2) is 48.5 Å². The number of anilines is 3.